The highest BCUT2D eigenvalue weighted by atomic mass is 19.2. The molecule has 1 fully saturated rings. The number of fused-ring (bicyclic) bond motifs is 1. The molecule has 0 nitrogen and oxygen atoms in total. The Morgan fingerprint density at radius 2 is 1.53 bits per heavy atom. The molecule has 0 saturated heterocycles. The highest BCUT2D eigenvalue weighted by Gasteiger charge is 2.22. The van der Waals surface area contributed by atoms with Crippen molar-refractivity contribution in [1.29, 1.82) is 0 Å². The van der Waals surface area contributed by atoms with Gasteiger partial charge in [-0.25, -0.2) is 17.6 Å². The minimum atomic E-state index is -0.841. The molecule has 1 aliphatic carbocycles. The minimum Gasteiger partial charge on any atom is -0.206 e. The fourth-order valence-corrected chi connectivity index (χ4v) is 4.23. The summed E-state index contributed by atoms with van der Waals surface area (Å²) < 4.78 is 55.5. The summed E-state index contributed by atoms with van der Waals surface area (Å²) in [6.45, 7) is 1.85. The predicted molar refractivity (Wildman–Crippen MR) is 111 cm³/mol. The van der Waals surface area contributed by atoms with Gasteiger partial charge in [0.05, 0.1) is 5.56 Å². The van der Waals surface area contributed by atoms with Gasteiger partial charge in [0.2, 0.25) is 0 Å². The van der Waals surface area contributed by atoms with Gasteiger partial charge in [0.1, 0.15) is 11.6 Å². The summed E-state index contributed by atoms with van der Waals surface area (Å²) in [5.74, 6) is 3.32. The van der Waals surface area contributed by atoms with Crippen LogP contribution in [0.25, 0.3) is 10.8 Å². The summed E-state index contributed by atoms with van der Waals surface area (Å²) in [6, 6.07) is 10.9. The van der Waals surface area contributed by atoms with Crippen molar-refractivity contribution in [3.8, 4) is 11.8 Å². The molecule has 0 radical (unpaired) electrons. The van der Waals surface area contributed by atoms with Crippen LogP contribution in [0.2, 0.25) is 0 Å². The molecule has 0 heterocycles. The summed E-state index contributed by atoms with van der Waals surface area (Å²) in [5, 5.41) is 0.978. The number of aryl methyl sites for hydroxylation is 1. The Bertz CT molecular complexity index is 1120. The first-order chi connectivity index (χ1) is 14.5. The van der Waals surface area contributed by atoms with E-state index in [0.717, 1.165) is 37.3 Å². The second-order valence-electron chi connectivity index (χ2n) is 7.95. The van der Waals surface area contributed by atoms with E-state index in [4.69, 9.17) is 0 Å². The Morgan fingerprint density at radius 1 is 0.833 bits per heavy atom. The maximum absolute atomic E-state index is 14.1. The van der Waals surface area contributed by atoms with Crippen molar-refractivity contribution in [3.05, 3.63) is 82.4 Å². The van der Waals surface area contributed by atoms with Crippen LogP contribution in [0.1, 0.15) is 55.2 Å². The van der Waals surface area contributed by atoms with E-state index in [1.165, 1.54) is 12.1 Å². The van der Waals surface area contributed by atoms with Crippen LogP contribution in [0.15, 0.2) is 42.5 Å². The molecule has 0 bridgehead atoms. The molecule has 0 unspecified atom stereocenters. The molecule has 0 spiro atoms. The lowest BCUT2D eigenvalue weighted by atomic mass is 9.78. The van der Waals surface area contributed by atoms with Crippen LogP contribution in [0.3, 0.4) is 0 Å². The normalized spacial score (nSPS) is 18.8. The Labute approximate surface area is 173 Å². The lowest BCUT2D eigenvalue weighted by molar-refractivity contribution is 0.385. The van der Waals surface area contributed by atoms with Gasteiger partial charge < -0.3 is 0 Å². The largest absolute Gasteiger partial charge is 0.206 e. The first kappa shape index (κ1) is 20.5. The quantitative estimate of drug-likeness (QED) is 0.307. The van der Waals surface area contributed by atoms with Gasteiger partial charge in [-0.2, -0.15) is 0 Å². The number of rotatable bonds is 2. The Hall–Kier alpha value is -2.80. The van der Waals surface area contributed by atoms with Crippen LogP contribution in [0.5, 0.6) is 0 Å². The zero-order valence-corrected chi connectivity index (χ0v) is 16.7. The zero-order chi connectivity index (χ0) is 21.3. The van der Waals surface area contributed by atoms with Gasteiger partial charge in [0.15, 0.2) is 11.6 Å². The highest BCUT2D eigenvalue weighted by Crippen LogP contribution is 2.37. The molecule has 0 aliphatic heterocycles. The monoisotopic (exact) mass is 410 g/mol. The summed E-state index contributed by atoms with van der Waals surface area (Å²) >= 11 is 0. The van der Waals surface area contributed by atoms with Crippen molar-refractivity contribution in [2.45, 2.75) is 44.9 Å². The van der Waals surface area contributed by atoms with E-state index < -0.39 is 23.3 Å². The van der Waals surface area contributed by atoms with Crippen LogP contribution in [0.4, 0.5) is 17.6 Å². The van der Waals surface area contributed by atoms with Gasteiger partial charge in [-0.3, -0.25) is 0 Å². The van der Waals surface area contributed by atoms with E-state index in [0.29, 0.717) is 23.3 Å². The third kappa shape index (κ3) is 4.07. The van der Waals surface area contributed by atoms with Gasteiger partial charge in [-0.15, -0.1) is 0 Å². The molecule has 4 heteroatoms. The van der Waals surface area contributed by atoms with Gasteiger partial charge >= 0.3 is 0 Å². The van der Waals surface area contributed by atoms with E-state index in [1.54, 1.807) is 12.1 Å². The summed E-state index contributed by atoms with van der Waals surface area (Å²) in [7, 11) is 0. The lowest BCUT2D eigenvalue weighted by Crippen LogP contribution is -2.12. The maximum Gasteiger partial charge on any atom is 0.166 e. The van der Waals surface area contributed by atoms with Gasteiger partial charge in [0, 0.05) is 11.3 Å². The molecule has 0 atom stereocenters. The predicted octanol–water partition coefficient (Wildman–Crippen LogP) is 7.28. The van der Waals surface area contributed by atoms with E-state index >= 15 is 0 Å². The number of halogens is 4. The molecule has 4 rings (SSSR count). The second-order valence-corrected chi connectivity index (χ2v) is 7.95. The maximum atomic E-state index is 14.1. The molecule has 30 heavy (non-hydrogen) atoms. The lowest BCUT2D eigenvalue weighted by Gasteiger charge is -2.26. The number of hydrogen-bond donors (Lipinski definition) is 0. The molecular formula is C26H22F4. The summed E-state index contributed by atoms with van der Waals surface area (Å²) in [5.41, 5.74) is 1.57. The molecule has 1 saturated carbocycles. The van der Waals surface area contributed by atoms with Crippen molar-refractivity contribution in [2.75, 3.05) is 0 Å². The first-order valence-electron chi connectivity index (χ1n) is 10.3. The molecule has 1 aliphatic rings. The smallest absolute Gasteiger partial charge is 0.166 e. The topological polar surface area (TPSA) is 0 Å². The molecule has 0 aromatic heterocycles. The van der Waals surface area contributed by atoms with E-state index in [-0.39, 0.29) is 16.9 Å². The molecule has 3 aromatic rings. The van der Waals surface area contributed by atoms with E-state index in [9.17, 15) is 17.6 Å². The fraction of sp³-hybridized carbons (Fsp3) is 0.308. The third-order valence-corrected chi connectivity index (χ3v) is 6.04. The van der Waals surface area contributed by atoms with Crippen molar-refractivity contribution >= 4 is 10.8 Å². The summed E-state index contributed by atoms with van der Waals surface area (Å²) in [4.78, 5) is 0. The molecule has 3 aromatic carbocycles. The van der Waals surface area contributed by atoms with Crippen LogP contribution in [0, 0.1) is 41.0 Å². The van der Waals surface area contributed by atoms with E-state index in [2.05, 4.69) is 11.8 Å². The summed E-state index contributed by atoms with van der Waals surface area (Å²) in [6.07, 6.45) is 4.04. The first-order valence-corrected chi connectivity index (χ1v) is 10.3. The molecular weight excluding hydrogens is 388 g/mol. The molecule has 0 N–H and O–H groups in total. The van der Waals surface area contributed by atoms with Crippen LogP contribution in [-0.2, 0) is 6.42 Å². The molecule has 0 amide bonds. The third-order valence-electron chi connectivity index (χ3n) is 6.04. The minimum absolute atomic E-state index is 0.0953. The number of hydrogen-bond acceptors (Lipinski definition) is 0. The van der Waals surface area contributed by atoms with Crippen molar-refractivity contribution in [2.24, 2.45) is 5.92 Å². The standard InChI is InChI=1S/C26H22F4/c1-2-16-13-24(28)22(25(29)14-16)10-5-17-3-6-18(7-4-17)19-8-11-21-20(15-19)9-12-23(27)26(21)30/h8-9,11-15,17-18H,2-4,6-7H2,1H3. The zero-order valence-electron chi connectivity index (χ0n) is 16.7. The average molecular weight is 410 g/mol. The van der Waals surface area contributed by atoms with Crippen LogP contribution < -0.4 is 0 Å². The van der Waals surface area contributed by atoms with Crippen molar-refractivity contribution in [1.82, 2.24) is 0 Å². The van der Waals surface area contributed by atoms with Crippen LogP contribution in [-0.4, -0.2) is 0 Å². The average Bonchev–Trinajstić information content (AvgIpc) is 2.76. The number of benzene rings is 3. The van der Waals surface area contributed by atoms with Crippen molar-refractivity contribution < 1.29 is 17.6 Å². The van der Waals surface area contributed by atoms with E-state index in [1.807, 2.05) is 19.1 Å². The Morgan fingerprint density at radius 3 is 2.20 bits per heavy atom. The highest BCUT2D eigenvalue weighted by molar-refractivity contribution is 5.84. The fourth-order valence-electron chi connectivity index (χ4n) is 4.23. The van der Waals surface area contributed by atoms with Gasteiger partial charge in [0.25, 0.3) is 0 Å². The SMILES string of the molecule is CCc1cc(F)c(C#CC2CCC(c3ccc4c(F)c(F)ccc4c3)CC2)c(F)c1. The van der Waals surface area contributed by atoms with Gasteiger partial charge in [-0.1, -0.05) is 43.0 Å². The van der Waals surface area contributed by atoms with Crippen LogP contribution >= 0.6 is 0 Å². The van der Waals surface area contributed by atoms with Gasteiger partial charge in [-0.05, 0) is 72.7 Å². The Kier molecular flexibility index (Phi) is 5.81. The second kappa shape index (κ2) is 8.52. The Balaban J connectivity index is 1.46. The van der Waals surface area contributed by atoms with Crippen molar-refractivity contribution in [3.63, 3.8) is 0 Å². The molecule has 154 valence electrons.